The Balaban J connectivity index is 2.08. The second-order valence-electron chi connectivity index (χ2n) is 5.47. The van der Waals surface area contributed by atoms with Gasteiger partial charge in [-0.3, -0.25) is 0 Å². The van der Waals surface area contributed by atoms with Crippen LogP contribution in [0.1, 0.15) is 16.7 Å². The maximum Gasteiger partial charge on any atom is 0.339 e. The zero-order chi connectivity index (χ0) is 16.4. The first kappa shape index (κ1) is 15.2. The highest BCUT2D eigenvalue weighted by molar-refractivity contribution is 5.84. The summed E-state index contributed by atoms with van der Waals surface area (Å²) in [6.07, 6.45) is 0.479. The van der Waals surface area contributed by atoms with Gasteiger partial charge in [-0.05, 0) is 48.4 Å². The molecule has 23 heavy (non-hydrogen) atoms. The van der Waals surface area contributed by atoms with Gasteiger partial charge in [-0.15, -0.1) is 0 Å². The molecule has 0 amide bonds. The predicted molar refractivity (Wildman–Crippen MR) is 89.6 cm³/mol. The highest BCUT2D eigenvalue weighted by Crippen LogP contribution is 2.27. The molecule has 3 rings (SSSR count). The zero-order valence-corrected chi connectivity index (χ0v) is 13.4. The zero-order valence-electron chi connectivity index (χ0n) is 13.4. The molecule has 0 aliphatic carbocycles. The fourth-order valence-corrected chi connectivity index (χ4v) is 2.65. The summed E-state index contributed by atoms with van der Waals surface area (Å²) < 4.78 is 16.1. The molecule has 0 fully saturated rings. The standard InChI is InChI=1S/C19H18O4/c1-12-7-17(22-3)16-11-14(19(20)23-18(16)8-12)9-13-5-4-6-15(10-13)21-2/h4-8,10-11H,9H2,1-3H3. The average Bonchev–Trinajstić information content (AvgIpc) is 2.55. The van der Waals surface area contributed by atoms with E-state index in [0.29, 0.717) is 23.3 Å². The largest absolute Gasteiger partial charge is 0.497 e. The third kappa shape index (κ3) is 3.06. The van der Waals surface area contributed by atoms with E-state index in [1.807, 2.05) is 49.4 Å². The van der Waals surface area contributed by atoms with Crippen LogP contribution >= 0.6 is 0 Å². The summed E-state index contributed by atoms with van der Waals surface area (Å²) in [5, 5.41) is 0.801. The van der Waals surface area contributed by atoms with Gasteiger partial charge >= 0.3 is 5.63 Å². The molecule has 0 unspecified atom stereocenters. The Bertz CT molecular complexity index is 909. The van der Waals surface area contributed by atoms with E-state index in [0.717, 1.165) is 22.3 Å². The van der Waals surface area contributed by atoms with Crippen molar-refractivity contribution < 1.29 is 13.9 Å². The summed E-state index contributed by atoms with van der Waals surface area (Å²) in [6.45, 7) is 1.94. The lowest BCUT2D eigenvalue weighted by atomic mass is 10.0. The Kier molecular flexibility index (Phi) is 4.06. The van der Waals surface area contributed by atoms with Gasteiger partial charge < -0.3 is 13.9 Å². The second kappa shape index (κ2) is 6.16. The van der Waals surface area contributed by atoms with Crippen LogP contribution in [0, 0.1) is 6.92 Å². The Morgan fingerprint density at radius 2 is 1.87 bits per heavy atom. The van der Waals surface area contributed by atoms with Crippen LogP contribution in [-0.2, 0) is 6.42 Å². The number of benzene rings is 2. The molecule has 0 saturated carbocycles. The van der Waals surface area contributed by atoms with Gasteiger partial charge in [-0.1, -0.05) is 12.1 Å². The van der Waals surface area contributed by atoms with Crippen LogP contribution in [0.5, 0.6) is 11.5 Å². The number of methoxy groups -OCH3 is 2. The SMILES string of the molecule is COc1cccc(Cc2cc3c(OC)cc(C)cc3oc2=O)c1. The van der Waals surface area contributed by atoms with E-state index in [1.54, 1.807) is 14.2 Å². The van der Waals surface area contributed by atoms with Crippen molar-refractivity contribution in [3.63, 3.8) is 0 Å². The maximum atomic E-state index is 12.3. The maximum absolute atomic E-state index is 12.3. The molecule has 2 aromatic carbocycles. The molecule has 0 aliphatic rings. The fourth-order valence-electron chi connectivity index (χ4n) is 2.65. The second-order valence-corrected chi connectivity index (χ2v) is 5.47. The van der Waals surface area contributed by atoms with E-state index < -0.39 is 0 Å². The van der Waals surface area contributed by atoms with Gasteiger partial charge in [0.15, 0.2) is 0 Å². The van der Waals surface area contributed by atoms with Crippen molar-refractivity contribution in [3.05, 3.63) is 69.6 Å². The first-order valence-electron chi connectivity index (χ1n) is 7.35. The molecule has 0 N–H and O–H groups in total. The van der Waals surface area contributed by atoms with Crippen molar-refractivity contribution in [1.29, 1.82) is 0 Å². The molecule has 118 valence electrons. The molecule has 1 heterocycles. The number of hydrogen-bond donors (Lipinski definition) is 0. The number of ether oxygens (including phenoxy) is 2. The lowest BCUT2D eigenvalue weighted by Gasteiger charge is -2.08. The predicted octanol–water partition coefficient (Wildman–Crippen LogP) is 3.71. The van der Waals surface area contributed by atoms with Crippen molar-refractivity contribution in [2.45, 2.75) is 13.3 Å². The molecule has 0 aliphatic heterocycles. The van der Waals surface area contributed by atoms with Crippen LogP contribution in [-0.4, -0.2) is 14.2 Å². The summed E-state index contributed by atoms with van der Waals surface area (Å²) in [7, 11) is 3.23. The first-order valence-corrected chi connectivity index (χ1v) is 7.35. The van der Waals surface area contributed by atoms with Crippen molar-refractivity contribution in [2.75, 3.05) is 14.2 Å². The van der Waals surface area contributed by atoms with Gasteiger partial charge in [0.1, 0.15) is 17.1 Å². The molecule has 0 bridgehead atoms. The number of fused-ring (bicyclic) bond motifs is 1. The minimum atomic E-state index is -0.326. The lowest BCUT2D eigenvalue weighted by molar-refractivity contribution is 0.414. The molecule has 4 heteroatoms. The van der Waals surface area contributed by atoms with Gasteiger partial charge in [0.25, 0.3) is 0 Å². The number of rotatable bonds is 4. The first-order chi connectivity index (χ1) is 11.1. The van der Waals surface area contributed by atoms with Crippen LogP contribution in [0.4, 0.5) is 0 Å². The summed E-state index contributed by atoms with van der Waals surface area (Å²) in [5.74, 6) is 1.47. The van der Waals surface area contributed by atoms with E-state index in [-0.39, 0.29) is 5.63 Å². The third-order valence-electron chi connectivity index (χ3n) is 3.78. The fraction of sp³-hybridized carbons (Fsp3) is 0.211. The van der Waals surface area contributed by atoms with Crippen molar-refractivity contribution >= 4 is 11.0 Å². The molecule has 0 atom stereocenters. The van der Waals surface area contributed by atoms with Crippen LogP contribution in [0.3, 0.4) is 0 Å². The molecule has 4 nitrogen and oxygen atoms in total. The average molecular weight is 310 g/mol. The quantitative estimate of drug-likeness (QED) is 0.689. The molecule has 0 radical (unpaired) electrons. The lowest BCUT2D eigenvalue weighted by Crippen LogP contribution is -2.08. The minimum absolute atomic E-state index is 0.326. The molecule has 1 aromatic heterocycles. The Hall–Kier alpha value is -2.75. The molecular weight excluding hydrogens is 292 g/mol. The van der Waals surface area contributed by atoms with Crippen LogP contribution in [0.15, 0.2) is 51.7 Å². The van der Waals surface area contributed by atoms with Crippen LogP contribution in [0.25, 0.3) is 11.0 Å². The third-order valence-corrected chi connectivity index (χ3v) is 3.78. The summed E-state index contributed by atoms with van der Waals surface area (Å²) in [6, 6.07) is 13.3. The van der Waals surface area contributed by atoms with E-state index in [1.165, 1.54) is 0 Å². The van der Waals surface area contributed by atoms with Crippen molar-refractivity contribution in [2.24, 2.45) is 0 Å². The van der Waals surface area contributed by atoms with E-state index >= 15 is 0 Å². The van der Waals surface area contributed by atoms with Crippen molar-refractivity contribution in [3.8, 4) is 11.5 Å². The van der Waals surface area contributed by atoms with Gasteiger partial charge in [0.2, 0.25) is 0 Å². The number of aryl methyl sites for hydroxylation is 1. The molecule has 0 saturated heterocycles. The highest BCUT2D eigenvalue weighted by Gasteiger charge is 2.11. The Morgan fingerprint density at radius 1 is 1.04 bits per heavy atom. The number of hydrogen-bond acceptors (Lipinski definition) is 4. The smallest absolute Gasteiger partial charge is 0.339 e. The van der Waals surface area contributed by atoms with Gasteiger partial charge in [-0.25, -0.2) is 4.79 Å². The molecule has 3 aromatic rings. The summed E-state index contributed by atoms with van der Waals surface area (Å²) >= 11 is 0. The summed E-state index contributed by atoms with van der Waals surface area (Å²) in [4.78, 5) is 12.3. The normalized spacial score (nSPS) is 10.7. The van der Waals surface area contributed by atoms with Gasteiger partial charge in [0.05, 0.1) is 19.6 Å². The van der Waals surface area contributed by atoms with Gasteiger partial charge in [-0.2, -0.15) is 0 Å². The molecule has 0 spiro atoms. The van der Waals surface area contributed by atoms with Crippen LogP contribution in [0.2, 0.25) is 0 Å². The summed E-state index contributed by atoms with van der Waals surface area (Å²) in [5.41, 5.74) is 2.78. The van der Waals surface area contributed by atoms with E-state index in [9.17, 15) is 4.79 Å². The van der Waals surface area contributed by atoms with Crippen molar-refractivity contribution in [1.82, 2.24) is 0 Å². The monoisotopic (exact) mass is 310 g/mol. The van der Waals surface area contributed by atoms with E-state index in [4.69, 9.17) is 13.9 Å². The topological polar surface area (TPSA) is 48.7 Å². The highest BCUT2D eigenvalue weighted by atomic mass is 16.5. The van der Waals surface area contributed by atoms with Gasteiger partial charge in [0, 0.05) is 12.0 Å². The van der Waals surface area contributed by atoms with E-state index in [2.05, 4.69) is 0 Å². The molecular formula is C19H18O4. The minimum Gasteiger partial charge on any atom is -0.497 e. The van der Waals surface area contributed by atoms with Crippen LogP contribution < -0.4 is 15.1 Å². The Labute approximate surface area is 134 Å². The Morgan fingerprint density at radius 3 is 2.61 bits per heavy atom.